The molecule has 1 saturated heterocycles. The molecule has 0 spiro atoms. The number of carbonyl (C=O) groups is 1. The van der Waals surface area contributed by atoms with Crippen molar-refractivity contribution in [2.24, 2.45) is 0 Å². The molecule has 2 rings (SSSR count). The Morgan fingerprint density at radius 1 is 1.50 bits per heavy atom. The van der Waals surface area contributed by atoms with Crippen LogP contribution in [0.3, 0.4) is 0 Å². The fraction of sp³-hybridized carbons (Fsp3) is 0.471. The first-order chi connectivity index (χ1) is 9.65. The van der Waals surface area contributed by atoms with Crippen LogP contribution in [0.5, 0.6) is 0 Å². The zero-order chi connectivity index (χ0) is 14.5. The van der Waals surface area contributed by atoms with Crippen LogP contribution in [-0.4, -0.2) is 35.1 Å². The van der Waals surface area contributed by atoms with Crippen LogP contribution in [0.25, 0.3) is 0 Å². The van der Waals surface area contributed by atoms with Crippen molar-refractivity contribution in [3.8, 4) is 11.8 Å². The monoisotopic (exact) mass is 271 g/mol. The van der Waals surface area contributed by atoms with Crippen LogP contribution < -0.4 is 0 Å². The number of likely N-dealkylation sites (tertiary alicyclic amines) is 1. The van der Waals surface area contributed by atoms with Crippen LogP contribution in [-0.2, 0) is 0 Å². The molecule has 1 N–H and O–H groups in total. The lowest BCUT2D eigenvalue weighted by molar-refractivity contribution is 0.0746. The molecule has 0 aliphatic carbocycles. The highest BCUT2D eigenvalue weighted by molar-refractivity contribution is 5.96. The number of hydrogen-bond acceptors (Lipinski definition) is 2. The highest BCUT2D eigenvalue weighted by Crippen LogP contribution is 2.22. The smallest absolute Gasteiger partial charge is 0.254 e. The summed E-state index contributed by atoms with van der Waals surface area (Å²) in [5.74, 6) is 6.05. The van der Waals surface area contributed by atoms with E-state index < -0.39 is 0 Å². The van der Waals surface area contributed by atoms with Crippen LogP contribution in [0.1, 0.15) is 47.7 Å². The average molecular weight is 271 g/mol. The van der Waals surface area contributed by atoms with Gasteiger partial charge in [0, 0.05) is 30.1 Å². The van der Waals surface area contributed by atoms with Gasteiger partial charge in [-0.3, -0.25) is 4.79 Å². The van der Waals surface area contributed by atoms with Gasteiger partial charge >= 0.3 is 0 Å². The predicted molar refractivity (Wildman–Crippen MR) is 79.5 cm³/mol. The van der Waals surface area contributed by atoms with Crippen molar-refractivity contribution in [2.45, 2.75) is 39.2 Å². The Labute approximate surface area is 120 Å². The first kappa shape index (κ1) is 14.6. The molecule has 1 atom stereocenters. The molecule has 3 heteroatoms. The normalized spacial score (nSPS) is 17.8. The van der Waals surface area contributed by atoms with Crippen molar-refractivity contribution in [3.63, 3.8) is 0 Å². The van der Waals surface area contributed by atoms with E-state index >= 15 is 0 Å². The maximum atomic E-state index is 12.6. The Morgan fingerprint density at radius 2 is 2.30 bits per heavy atom. The van der Waals surface area contributed by atoms with Crippen molar-refractivity contribution in [1.29, 1.82) is 0 Å². The molecule has 1 aromatic rings. The standard InChI is InChI=1S/C17H21NO2/c1-13-7-6-11-18(13)17(20)16-10-5-9-15(14(16)2)8-3-4-12-19/h5,9-10,13,19H,4,6-7,11-12H2,1-2H3. The number of hydrogen-bond donors (Lipinski definition) is 1. The van der Waals surface area contributed by atoms with Gasteiger partial charge in [-0.15, -0.1) is 0 Å². The third-order valence-corrected chi connectivity index (χ3v) is 3.84. The van der Waals surface area contributed by atoms with Gasteiger partial charge in [0.15, 0.2) is 0 Å². The molecule has 1 heterocycles. The molecular formula is C17H21NO2. The molecule has 1 amide bonds. The van der Waals surface area contributed by atoms with Gasteiger partial charge in [-0.25, -0.2) is 0 Å². The summed E-state index contributed by atoms with van der Waals surface area (Å²) in [7, 11) is 0. The molecule has 0 aromatic heterocycles. The number of amides is 1. The van der Waals surface area contributed by atoms with Crippen molar-refractivity contribution < 1.29 is 9.90 Å². The van der Waals surface area contributed by atoms with Gasteiger partial charge in [-0.05, 0) is 44.4 Å². The van der Waals surface area contributed by atoms with E-state index in [1.807, 2.05) is 30.0 Å². The number of aliphatic hydroxyl groups excluding tert-OH is 1. The molecule has 0 saturated carbocycles. The van der Waals surface area contributed by atoms with Crippen molar-refractivity contribution in [2.75, 3.05) is 13.2 Å². The minimum absolute atomic E-state index is 0.0654. The van der Waals surface area contributed by atoms with E-state index in [4.69, 9.17) is 5.11 Å². The Hall–Kier alpha value is -1.79. The summed E-state index contributed by atoms with van der Waals surface area (Å²) in [5.41, 5.74) is 2.55. The SMILES string of the molecule is Cc1c(C#CCCO)cccc1C(=O)N1CCCC1C. The van der Waals surface area contributed by atoms with Gasteiger partial charge in [0.05, 0.1) is 6.61 Å². The molecule has 1 fully saturated rings. The minimum Gasteiger partial charge on any atom is -0.395 e. The van der Waals surface area contributed by atoms with Crippen molar-refractivity contribution >= 4 is 5.91 Å². The van der Waals surface area contributed by atoms with Gasteiger partial charge in [0.25, 0.3) is 5.91 Å². The van der Waals surface area contributed by atoms with Crippen LogP contribution in [0.2, 0.25) is 0 Å². The van der Waals surface area contributed by atoms with Crippen molar-refractivity contribution in [1.82, 2.24) is 4.90 Å². The minimum atomic E-state index is 0.0654. The molecule has 106 valence electrons. The van der Waals surface area contributed by atoms with E-state index in [2.05, 4.69) is 18.8 Å². The Balaban J connectivity index is 2.27. The Morgan fingerprint density at radius 3 is 2.95 bits per heavy atom. The highest BCUT2D eigenvalue weighted by atomic mass is 16.2. The van der Waals surface area contributed by atoms with Gasteiger partial charge in [0.2, 0.25) is 0 Å². The fourth-order valence-corrected chi connectivity index (χ4v) is 2.61. The molecule has 20 heavy (non-hydrogen) atoms. The van der Waals surface area contributed by atoms with Gasteiger partial charge in [0.1, 0.15) is 0 Å². The second kappa shape index (κ2) is 6.58. The lowest BCUT2D eigenvalue weighted by Crippen LogP contribution is -2.34. The number of aliphatic hydroxyl groups is 1. The largest absolute Gasteiger partial charge is 0.395 e. The lowest BCUT2D eigenvalue weighted by atomic mass is 10.0. The van der Waals surface area contributed by atoms with Crippen LogP contribution >= 0.6 is 0 Å². The van der Waals surface area contributed by atoms with E-state index in [1.165, 1.54) is 0 Å². The second-order valence-electron chi connectivity index (χ2n) is 5.24. The summed E-state index contributed by atoms with van der Waals surface area (Å²) < 4.78 is 0. The number of benzene rings is 1. The zero-order valence-corrected chi connectivity index (χ0v) is 12.1. The first-order valence-electron chi connectivity index (χ1n) is 7.15. The van der Waals surface area contributed by atoms with Crippen LogP contribution in [0, 0.1) is 18.8 Å². The first-order valence-corrected chi connectivity index (χ1v) is 7.15. The molecule has 0 bridgehead atoms. The van der Waals surface area contributed by atoms with Gasteiger partial charge < -0.3 is 10.0 Å². The molecule has 1 aliphatic heterocycles. The van der Waals surface area contributed by atoms with E-state index in [-0.39, 0.29) is 12.5 Å². The maximum absolute atomic E-state index is 12.6. The van der Waals surface area contributed by atoms with E-state index in [0.29, 0.717) is 12.5 Å². The number of rotatable bonds is 2. The zero-order valence-electron chi connectivity index (χ0n) is 12.1. The summed E-state index contributed by atoms with van der Waals surface area (Å²) in [6.07, 6.45) is 2.63. The topological polar surface area (TPSA) is 40.5 Å². The van der Waals surface area contributed by atoms with Crippen LogP contribution in [0.15, 0.2) is 18.2 Å². The van der Waals surface area contributed by atoms with Crippen LogP contribution in [0.4, 0.5) is 0 Å². The van der Waals surface area contributed by atoms with E-state index in [9.17, 15) is 4.79 Å². The Kier molecular flexibility index (Phi) is 4.81. The third-order valence-electron chi connectivity index (χ3n) is 3.84. The average Bonchev–Trinajstić information content (AvgIpc) is 2.86. The fourth-order valence-electron chi connectivity index (χ4n) is 2.61. The molecule has 1 aromatic carbocycles. The molecular weight excluding hydrogens is 250 g/mol. The molecule has 0 radical (unpaired) electrons. The maximum Gasteiger partial charge on any atom is 0.254 e. The quantitative estimate of drug-likeness (QED) is 0.839. The summed E-state index contributed by atoms with van der Waals surface area (Å²) in [5, 5.41) is 8.77. The summed E-state index contributed by atoms with van der Waals surface area (Å²) in [6, 6.07) is 6.00. The Bertz CT molecular complexity index is 554. The van der Waals surface area contributed by atoms with E-state index in [1.54, 1.807) is 0 Å². The third kappa shape index (κ3) is 3.02. The number of carbonyl (C=O) groups excluding carboxylic acids is 1. The lowest BCUT2D eigenvalue weighted by Gasteiger charge is -2.22. The summed E-state index contributed by atoms with van der Waals surface area (Å²) in [4.78, 5) is 14.5. The van der Waals surface area contributed by atoms with E-state index in [0.717, 1.165) is 36.1 Å². The second-order valence-corrected chi connectivity index (χ2v) is 5.24. The summed E-state index contributed by atoms with van der Waals surface area (Å²) >= 11 is 0. The number of nitrogens with zero attached hydrogens (tertiary/aromatic N) is 1. The molecule has 3 nitrogen and oxygen atoms in total. The van der Waals surface area contributed by atoms with Gasteiger partial charge in [-0.2, -0.15) is 0 Å². The van der Waals surface area contributed by atoms with Gasteiger partial charge in [-0.1, -0.05) is 17.9 Å². The van der Waals surface area contributed by atoms with Crippen molar-refractivity contribution in [3.05, 3.63) is 34.9 Å². The molecule has 1 unspecified atom stereocenters. The summed E-state index contributed by atoms with van der Waals surface area (Å²) in [6.45, 7) is 4.96. The molecule has 1 aliphatic rings. The predicted octanol–water partition coefficient (Wildman–Crippen LogP) is 2.35. The highest BCUT2D eigenvalue weighted by Gasteiger charge is 2.27.